The van der Waals surface area contributed by atoms with Crippen molar-refractivity contribution in [2.45, 2.75) is 26.4 Å². The van der Waals surface area contributed by atoms with E-state index in [1.165, 1.54) is 0 Å². The van der Waals surface area contributed by atoms with Gasteiger partial charge in [0.05, 0.1) is 22.9 Å². The number of hydrogen-bond acceptors (Lipinski definition) is 3. The predicted molar refractivity (Wildman–Crippen MR) is 112 cm³/mol. The molecule has 0 fully saturated rings. The van der Waals surface area contributed by atoms with E-state index in [1.54, 1.807) is 24.3 Å². The molecule has 0 spiro atoms. The Bertz CT molecular complexity index is 871. The number of amides is 1. The second kappa shape index (κ2) is 9.93. The number of carbonyl (C=O) groups excluding carboxylic acids is 1. The van der Waals surface area contributed by atoms with E-state index in [4.69, 9.17) is 28.6 Å². The van der Waals surface area contributed by atoms with Gasteiger partial charge in [0, 0.05) is 5.56 Å². The molecular formula is C20H20ClF3N2O2S. The van der Waals surface area contributed by atoms with Crippen molar-refractivity contribution in [2.75, 3.05) is 11.9 Å². The molecule has 2 aromatic carbocycles. The highest BCUT2D eigenvalue weighted by Crippen LogP contribution is 2.33. The Morgan fingerprint density at radius 3 is 2.41 bits per heavy atom. The van der Waals surface area contributed by atoms with Crippen LogP contribution < -0.4 is 15.4 Å². The molecule has 2 aromatic rings. The van der Waals surface area contributed by atoms with Crippen LogP contribution in [0.3, 0.4) is 0 Å². The Kier molecular flexibility index (Phi) is 7.87. The first kappa shape index (κ1) is 23.0. The zero-order chi connectivity index (χ0) is 21.6. The van der Waals surface area contributed by atoms with Crippen LogP contribution in [0, 0.1) is 5.92 Å². The van der Waals surface area contributed by atoms with E-state index in [1.807, 2.05) is 0 Å². The van der Waals surface area contributed by atoms with Gasteiger partial charge in [-0.15, -0.1) is 0 Å². The van der Waals surface area contributed by atoms with Crippen LogP contribution in [0.1, 0.15) is 36.2 Å². The van der Waals surface area contributed by atoms with E-state index in [-0.39, 0.29) is 15.8 Å². The smallest absolute Gasteiger partial charge is 0.416 e. The zero-order valence-corrected chi connectivity index (χ0v) is 17.3. The summed E-state index contributed by atoms with van der Waals surface area (Å²) in [5.41, 5.74) is -0.618. The van der Waals surface area contributed by atoms with E-state index in [0.717, 1.165) is 24.6 Å². The molecule has 0 unspecified atom stereocenters. The lowest BCUT2D eigenvalue weighted by molar-refractivity contribution is -0.137. The molecule has 0 aliphatic carbocycles. The summed E-state index contributed by atoms with van der Waals surface area (Å²) < 4.78 is 44.1. The number of alkyl halides is 3. The van der Waals surface area contributed by atoms with Gasteiger partial charge in [-0.3, -0.25) is 10.1 Å². The molecule has 0 aliphatic rings. The van der Waals surface area contributed by atoms with Gasteiger partial charge in [0.2, 0.25) is 0 Å². The van der Waals surface area contributed by atoms with Crippen LogP contribution >= 0.6 is 23.8 Å². The lowest BCUT2D eigenvalue weighted by Gasteiger charge is -2.14. The Morgan fingerprint density at radius 2 is 1.83 bits per heavy atom. The first-order chi connectivity index (χ1) is 13.6. The molecule has 0 heterocycles. The number of thiocarbonyl (C=S) groups is 1. The summed E-state index contributed by atoms with van der Waals surface area (Å²) in [4.78, 5) is 12.3. The summed E-state index contributed by atoms with van der Waals surface area (Å²) in [6.45, 7) is 4.77. The zero-order valence-electron chi connectivity index (χ0n) is 15.8. The third kappa shape index (κ3) is 7.21. The van der Waals surface area contributed by atoms with Gasteiger partial charge < -0.3 is 10.1 Å². The summed E-state index contributed by atoms with van der Waals surface area (Å²) in [6, 6.07) is 9.25. The fourth-order valence-corrected chi connectivity index (χ4v) is 2.61. The Labute approximate surface area is 177 Å². The molecule has 0 aromatic heterocycles. The molecule has 4 nitrogen and oxygen atoms in total. The molecule has 0 saturated carbocycles. The first-order valence-corrected chi connectivity index (χ1v) is 9.57. The molecule has 1 amide bonds. The van der Waals surface area contributed by atoms with Crippen molar-refractivity contribution < 1.29 is 22.7 Å². The molecule has 0 atom stereocenters. The summed E-state index contributed by atoms with van der Waals surface area (Å²) in [7, 11) is 0. The van der Waals surface area contributed by atoms with Crippen LogP contribution in [-0.2, 0) is 6.18 Å². The summed E-state index contributed by atoms with van der Waals surface area (Å²) in [5.74, 6) is 0.650. The lowest BCUT2D eigenvalue weighted by Crippen LogP contribution is -2.34. The number of carbonyl (C=O) groups is 1. The maximum Gasteiger partial charge on any atom is 0.416 e. The topological polar surface area (TPSA) is 50.4 Å². The predicted octanol–water partition coefficient (Wildman–Crippen LogP) is 5.91. The molecule has 0 bridgehead atoms. The van der Waals surface area contributed by atoms with Crippen LogP contribution in [0.2, 0.25) is 5.02 Å². The van der Waals surface area contributed by atoms with Crippen molar-refractivity contribution in [1.29, 1.82) is 0 Å². The normalized spacial score (nSPS) is 11.3. The SMILES string of the molecule is CC(C)CCOc1ccc(C(=O)NC(=S)Nc2cc(C(F)(F)F)ccc2Cl)cc1. The molecular weight excluding hydrogens is 425 g/mol. The van der Waals surface area contributed by atoms with Crippen LogP contribution in [0.4, 0.5) is 18.9 Å². The summed E-state index contributed by atoms with van der Waals surface area (Å²) in [5, 5.41) is 4.79. The molecule has 0 aliphatic heterocycles. The minimum atomic E-state index is -4.52. The maximum atomic E-state index is 12.8. The summed E-state index contributed by atoms with van der Waals surface area (Å²) >= 11 is 10.9. The lowest BCUT2D eigenvalue weighted by atomic mass is 10.1. The number of ether oxygens (including phenoxy) is 1. The van der Waals surface area contributed by atoms with Crippen LogP contribution in [-0.4, -0.2) is 17.6 Å². The van der Waals surface area contributed by atoms with E-state index in [2.05, 4.69) is 24.5 Å². The number of halogens is 4. The number of nitrogens with one attached hydrogen (secondary N) is 2. The average Bonchev–Trinajstić information content (AvgIpc) is 2.62. The van der Waals surface area contributed by atoms with Crippen molar-refractivity contribution in [3.63, 3.8) is 0 Å². The molecule has 2 N–H and O–H groups in total. The van der Waals surface area contributed by atoms with Crippen LogP contribution in [0.25, 0.3) is 0 Å². The maximum absolute atomic E-state index is 12.8. The highest BCUT2D eigenvalue weighted by Gasteiger charge is 2.31. The number of benzene rings is 2. The molecule has 29 heavy (non-hydrogen) atoms. The van der Waals surface area contributed by atoms with Crippen LogP contribution in [0.15, 0.2) is 42.5 Å². The van der Waals surface area contributed by atoms with Gasteiger partial charge in [0.15, 0.2) is 5.11 Å². The molecule has 2 rings (SSSR count). The number of rotatable bonds is 6. The van der Waals surface area contributed by atoms with E-state index < -0.39 is 17.6 Å². The highest BCUT2D eigenvalue weighted by molar-refractivity contribution is 7.80. The standard InChI is InChI=1S/C20H20ClF3N2O2S/c1-12(2)9-10-28-15-6-3-13(4-7-15)18(27)26-19(29)25-17-11-14(20(22,23)24)5-8-16(17)21/h3-8,11-12H,9-10H2,1-2H3,(H2,25,26,27,29). The van der Waals surface area contributed by atoms with Crippen LogP contribution in [0.5, 0.6) is 5.75 Å². The Hall–Kier alpha value is -2.32. The van der Waals surface area contributed by atoms with Gasteiger partial charge in [-0.25, -0.2) is 0 Å². The number of anilines is 1. The Balaban J connectivity index is 1.96. The van der Waals surface area contributed by atoms with Crippen molar-refractivity contribution >= 4 is 40.5 Å². The second-order valence-corrected chi connectivity index (χ2v) is 7.47. The quantitative estimate of drug-likeness (QED) is 0.544. The van der Waals surface area contributed by atoms with Gasteiger partial charge in [0.25, 0.3) is 5.91 Å². The second-order valence-electron chi connectivity index (χ2n) is 6.66. The fourth-order valence-electron chi connectivity index (χ4n) is 2.24. The van der Waals surface area contributed by atoms with E-state index in [0.29, 0.717) is 23.8 Å². The highest BCUT2D eigenvalue weighted by atomic mass is 35.5. The van der Waals surface area contributed by atoms with E-state index in [9.17, 15) is 18.0 Å². The largest absolute Gasteiger partial charge is 0.494 e. The molecule has 9 heteroatoms. The van der Waals surface area contributed by atoms with Gasteiger partial charge in [-0.05, 0) is 67.0 Å². The molecule has 156 valence electrons. The first-order valence-electron chi connectivity index (χ1n) is 8.78. The summed E-state index contributed by atoms with van der Waals surface area (Å²) in [6.07, 6.45) is -3.61. The average molecular weight is 445 g/mol. The van der Waals surface area contributed by atoms with Gasteiger partial charge in [0.1, 0.15) is 5.75 Å². The number of hydrogen-bond donors (Lipinski definition) is 2. The van der Waals surface area contributed by atoms with Crippen molar-refractivity contribution in [3.05, 3.63) is 58.6 Å². The molecule has 0 radical (unpaired) electrons. The minimum Gasteiger partial charge on any atom is -0.494 e. The van der Waals surface area contributed by atoms with Crippen molar-refractivity contribution in [2.24, 2.45) is 5.92 Å². The van der Waals surface area contributed by atoms with Crippen molar-refractivity contribution in [3.8, 4) is 5.75 Å². The molecule has 0 saturated heterocycles. The van der Waals surface area contributed by atoms with Gasteiger partial charge >= 0.3 is 6.18 Å². The fraction of sp³-hybridized carbons (Fsp3) is 0.300. The third-order valence-electron chi connectivity index (χ3n) is 3.85. The van der Waals surface area contributed by atoms with Crippen molar-refractivity contribution in [1.82, 2.24) is 5.32 Å². The Morgan fingerprint density at radius 1 is 1.17 bits per heavy atom. The van der Waals surface area contributed by atoms with Gasteiger partial charge in [-0.2, -0.15) is 13.2 Å². The monoisotopic (exact) mass is 444 g/mol. The van der Waals surface area contributed by atoms with Gasteiger partial charge in [-0.1, -0.05) is 25.4 Å². The van der Waals surface area contributed by atoms with E-state index >= 15 is 0 Å². The third-order valence-corrected chi connectivity index (χ3v) is 4.38. The minimum absolute atomic E-state index is 0.0394.